The molecule has 1 aromatic rings. The largest absolute Gasteiger partial charge is 0.414 e. The minimum Gasteiger partial charge on any atom is -0.370 e. The van der Waals surface area contributed by atoms with Crippen molar-refractivity contribution in [2.24, 2.45) is 0 Å². The molecule has 33 heavy (non-hydrogen) atoms. The van der Waals surface area contributed by atoms with Crippen molar-refractivity contribution in [1.82, 2.24) is 15.5 Å². The molecule has 0 saturated carbocycles. The van der Waals surface area contributed by atoms with E-state index in [9.17, 15) is 32.5 Å². The number of rotatable bonds is 3. The summed E-state index contributed by atoms with van der Waals surface area (Å²) in [7, 11) is 0. The maximum atomic E-state index is 12.8. The summed E-state index contributed by atoms with van der Waals surface area (Å²) < 4.78 is 31.7. The van der Waals surface area contributed by atoms with Gasteiger partial charge in [0.05, 0.1) is 11.1 Å². The Kier molecular flexibility index (Phi) is 7.63. The fraction of sp³-hybridized carbons (Fsp3) is 0.450. The molecule has 3 heterocycles. The van der Waals surface area contributed by atoms with Gasteiger partial charge in [-0.05, 0) is 37.6 Å². The van der Waals surface area contributed by atoms with Crippen LogP contribution in [-0.2, 0) is 19.3 Å². The fourth-order valence-corrected chi connectivity index (χ4v) is 3.79. The quantitative estimate of drug-likeness (QED) is 0.615. The Balaban J connectivity index is 0.000000383. The molecule has 178 valence electrons. The zero-order valence-corrected chi connectivity index (χ0v) is 17.3. The zero-order valence-electron chi connectivity index (χ0n) is 17.3. The molecule has 1 aromatic carbocycles. The van der Waals surface area contributed by atoms with Crippen LogP contribution in [0.5, 0.6) is 0 Å². The van der Waals surface area contributed by atoms with E-state index in [1.165, 1.54) is 0 Å². The summed E-state index contributed by atoms with van der Waals surface area (Å²) in [6.07, 6.45) is -2.08. The number of halogens is 3. The topological polar surface area (TPSA) is 125 Å². The first-order chi connectivity index (χ1) is 15.7. The molecule has 4 rings (SSSR count). The molecule has 1 unspecified atom stereocenters. The Labute approximate surface area is 185 Å². The number of nitrogens with zero attached hydrogens (tertiary/aromatic N) is 2. The number of piperidine rings is 1. The van der Waals surface area contributed by atoms with Crippen LogP contribution >= 0.6 is 0 Å². The van der Waals surface area contributed by atoms with E-state index >= 15 is 0 Å². The monoisotopic (exact) mass is 470 g/mol. The van der Waals surface area contributed by atoms with Crippen LogP contribution in [0.15, 0.2) is 18.2 Å². The van der Waals surface area contributed by atoms with Gasteiger partial charge in [-0.1, -0.05) is 0 Å². The smallest absolute Gasteiger partial charge is 0.370 e. The molecule has 0 bridgehead atoms. The lowest BCUT2D eigenvalue weighted by Crippen LogP contribution is -2.54. The molecule has 2 fully saturated rings. The maximum absolute atomic E-state index is 12.8. The van der Waals surface area contributed by atoms with Gasteiger partial charge in [-0.25, -0.2) is 9.74 Å². The van der Waals surface area contributed by atoms with Crippen molar-refractivity contribution < 1.29 is 42.2 Å². The molecule has 0 radical (unpaired) electrons. The van der Waals surface area contributed by atoms with Gasteiger partial charge in [0.1, 0.15) is 6.04 Å². The average Bonchev–Trinajstić information content (AvgIpc) is 2.98. The van der Waals surface area contributed by atoms with Crippen molar-refractivity contribution >= 4 is 35.3 Å². The maximum Gasteiger partial charge on any atom is 0.414 e. The number of carbonyl (C=O) groups is 5. The molecule has 10 nitrogen and oxygen atoms in total. The third kappa shape index (κ3) is 5.30. The van der Waals surface area contributed by atoms with E-state index in [0.717, 1.165) is 43.2 Å². The molecular weight excluding hydrogens is 449 g/mol. The van der Waals surface area contributed by atoms with Gasteiger partial charge in [0.2, 0.25) is 11.8 Å². The van der Waals surface area contributed by atoms with Crippen LogP contribution in [0.1, 0.15) is 40.0 Å². The molecular formula is C20H21F3N4O6. The summed E-state index contributed by atoms with van der Waals surface area (Å²) in [5.74, 6) is -4.05. The predicted molar refractivity (Wildman–Crippen MR) is 106 cm³/mol. The first-order valence-corrected chi connectivity index (χ1v) is 10.2. The minimum absolute atomic E-state index is 0.121. The third-order valence-electron chi connectivity index (χ3n) is 5.38. The summed E-state index contributed by atoms with van der Waals surface area (Å²) in [6, 6.07) is 4.33. The van der Waals surface area contributed by atoms with Gasteiger partial charge in [-0.15, -0.1) is 0 Å². The summed E-state index contributed by atoms with van der Waals surface area (Å²) in [5, 5.41) is 5.54. The number of carbonyl (C=O) groups excluding carboxylic acids is 5. The number of anilines is 1. The highest BCUT2D eigenvalue weighted by atomic mass is 19.3. The second-order valence-electron chi connectivity index (χ2n) is 7.46. The third-order valence-corrected chi connectivity index (χ3v) is 5.38. The van der Waals surface area contributed by atoms with Crippen molar-refractivity contribution in [3.63, 3.8) is 0 Å². The Morgan fingerprint density at radius 2 is 1.79 bits per heavy atom. The van der Waals surface area contributed by atoms with Crippen LogP contribution in [0.3, 0.4) is 0 Å². The second-order valence-corrected chi connectivity index (χ2v) is 7.46. The number of hydrogen-bond acceptors (Lipinski definition) is 8. The van der Waals surface area contributed by atoms with Crippen LogP contribution in [0, 0.1) is 0 Å². The standard InChI is InChI=1S/C18H20N4O4.C2HF3O2/c23-15-5-4-14(16(24)20-15)22-17(25)12-3-2-11(10-13(12)18(22)26)21-8-1-6-19-7-9-21;3-1(4)2(6)7-5/h2-3,10,14,19H,1,4-9H2,(H,20,23,24);1H. The highest BCUT2D eigenvalue weighted by Gasteiger charge is 2.44. The van der Waals surface area contributed by atoms with Gasteiger partial charge < -0.3 is 10.2 Å². The summed E-state index contributed by atoms with van der Waals surface area (Å²) in [5.41, 5.74) is 1.55. The first-order valence-electron chi connectivity index (χ1n) is 10.2. The van der Waals surface area contributed by atoms with Crippen molar-refractivity contribution in [2.75, 3.05) is 31.1 Å². The van der Waals surface area contributed by atoms with Crippen LogP contribution in [0.2, 0.25) is 0 Å². The summed E-state index contributed by atoms with van der Waals surface area (Å²) >= 11 is 0. The van der Waals surface area contributed by atoms with Crippen LogP contribution in [-0.4, -0.2) is 73.1 Å². The summed E-state index contributed by atoms with van der Waals surface area (Å²) in [6.45, 7) is 3.54. The van der Waals surface area contributed by atoms with Gasteiger partial charge in [0.15, 0.2) is 0 Å². The average molecular weight is 470 g/mol. The Morgan fingerprint density at radius 3 is 2.42 bits per heavy atom. The highest BCUT2D eigenvalue weighted by molar-refractivity contribution is 6.23. The van der Waals surface area contributed by atoms with Crippen molar-refractivity contribution in [3.8, 4) is 0 Å². The number of imide groups is 2. The highest BCUT2D eigenvalue weighted by Crippen LogP contribution is 2.30. The van der Waals surface area contributed by atoms with Gasteiger partial charge >= 0.3 is 12.4 Å². The van der Waals surface area contributed by atoms with Gasteiger partial charge in [-0.3, -0.25) is 29.4 Å². The number of fused-ring (bicyclic) bond motifs is 1. The number of hydrogen-bond donors (Lipinski definition) is 2. The van der Waals surface area contributed by atoms with E-state index < -0.39 is 36.2 Å². The Bertz CT molecular complexity index is 965. The normalized spacial score (nSPS) is 20.7. The van der Waals surface area contributed by atoms with Crippen LogP contribution < -0.4 is 15.5 Å². The van der Waals surface area contributed by atoms with Gasteiger partial charge in [0.25, 0.3) is 11.8 Å². The van der Waals surface area contributed by atoms with Crippen molar-refractivity contribution in [3.05, 3.63) is 29.3 Å². The first kappa shape index (κ1) is 24.2. The molecule has 3 aliphatic heterocycles. The lowest BCUT2D eigenvalue weighted by atomic mass is 10.0. The molecule has 4 amide bonds. The van der Waals surface area contributed by atoms with Crippen LogP contribution in [0.4, 0.5) is 19.0 Å². The molecule has 2 N–H and O–H groups in total. The molecule has 13 heteroatoms. The van der Waals surface area contributed by atoms with E-state index in [1.54, 1.807) is 12.1 Å². The molecule has 0 aromatic heterocycles. The summed E-state index contributed by atoms with van der Waals surface area (Å²) in [4.78, 5) is 63.4. The number of alkyl halides is 2. The lowest BCUT2D eigenvalue weighted by Gasteiger charge is -2.27. The minimum atomic E-state index is -3.37. The molecule has 0 aliphatic carbocycles. The molecule has 2 saturated heterocycles. The Morgan fingerprint density at radius 1 is 1.06 bits per heavy atom. The SMILES string of the molecule is O=C(OF)C(F)F.O=C1CCC(N2C(=O)c3ccc(N4CCCNCC4)cc3C2=O)C(=O)N1. The van der Waals surface area contributed by atoms with Gasteiger partial charge in [-0.2, -0.15) is 8.78 Å². The number of amides is 4. The number of benzene rings is 1. The van der Waals surface area contributed by atoms with Crippen molar-refractivity contribution in [1.29, 1.82) is 0 Å². The fourth-order valence-electron chi connectivity index (χ4n) is 3.79. The lowest BCUT2D eigenvalue weighted by molar-refractivity contribution is -0.196. The van der Waals surface area contributed by atoms with E-state index in [-0.39, 0.29) is 18.7 Å². The van der Waals surface area contributed by atoms with Crippen LogP contribution in [0.25, 0.3) is 0 Å². The van der Waals surface area contributed by atoms with E-state index in [4.69, 9.17) is 4.79 Å². The van der Waals surface area contributed by atoms with E-state index in [0.29, 0.717) is 11.1 Å². The number of nitrogens with one attached hydrogen (secondary N) is 2. The Hall–Kier alpha value is -3.48. The van der Waals surface area contributed by atoms with Gasteiger partial charge in [0, 0.05) is 36.3 Å². The second kappa shape index (κ2) is 10.4. The molecule has 3 aliphatic rings. The molecule has 1 atom stereocenters. The van der Waals surface area contributed by atoms with Crippen molar-refractivity contribution in [2.45, 2.75) is 31.7 Å². The predicted octanol–water partition coefficient (Wildman–Crippen LogP) is 0.567. The molecule has 0 spiro atoms. The zero-order chi connectivity index (χ0) is 24.1. The van der Waals surface area contributed by atoms with E-state index in [1.807, 2.05) is 6.07 Å². The van der Waals surface area contributed by atoms with E-state index in [2.05, 4.69) is 20.5 Å².